The maximum absolute atomic E-state index is 14.4. The van der Waals surface area contributed by atoms with E-state index in [1.165, 1.54) is 28.7 Å². The van der Waals surface area contributed by atoms with Gasteiger partial charge in [-0.1, -0.05) is 38.4 Å². The summed E-state index contributed by atoms with van der Waals surface area (Å²) in [4.78, 5) is 71.9. The van der Waals surface area contributed by atoms with Crippen LogP contribution < -0.4 is 31.9 Å². The van der Waals surface area contributed by atoms with Gasteiger partial charge in [0.25, 0.3) is 0 Å². The SMILES string of the molecule is CC(C)(C)c1cc(NC(=O)Nc2ncc(CCc3ccnc(NC(=O)C4(CC(=O)Nc5cc(CCc6cnc(NC(=O)Nc7cc(C8CC8)ccc7F)s6)ccn5)CC4)c3)s2)n(-c2ccc(Cl)cc2)n1. The van der Waals surface area contributed by atoms with E-state index in [2.05, 4.69) is 72.6 Å². The minimum absolute atomic E-state index is 0.00302. The Kier molecular flexibility index (Phi) is 14.0. The monoisotopic (exact) mass is 1000 g/mol. The molecule has 70 heavy (non-hydrogen) atoms. The summed E-state index contributed by atoms with van der Waals surface area (Å²) in [7, 11) is 0. The number of benzene rings is 2. The summed E-state index contributed by atoms with van der Waals surface area (Å²) in [6.45, 7) is 6.16. The van der Waals surface area contributed by atoms with Crippen molar-refractivity contribution >= 4 is 91.6 Å². The van der Waals surface area contributed by atoms with Gasteiger partial charge in [-0.3, -0.25) is 25.5 Å². The molecule has 2 aliphatic rings. The molecule has 0 bridgehead atoms. The van der Waals surface area contributed by atoms with Crippen molar-refractivity contribution in [1.29, 1.82) is 0 Å². The van der Waals surface area contributed by atoms with Crippen LogP contribution in [0, 0.1) is 11.2 Å². The van der Waals surface area contributed by atoms with E-state index in [0.717, 1.165) is 50.7 Å². The van der Waals surface area contributed by atoms with Crippen LogP contribution in [-0.4, -0.2) is 53.6 Å². The fourth-order valence-corrected chi connectivity index (χ4v) is 9.43. The predicted molar refractivity (Wildman–Crippen MR) is 272 cm³/mol. The number of pyridine rings is 2. The first kappa shape index (κ1) is 48.0. The lowest BCUT2D eigenvalue weighted by atomic mass is 9.92. The second-order valence-electron chi connectivity index (χ2n) is 18.5. The standard InChI is InChI=1S/C50H50ClFN12O4S2/c1-49(2,3)39-25-42(64(63-39)34-11-9-33(51)10-12-34)60-46(68)62-48-56-28-36(70-48)14-5-30-17-21-54-41(23-30)59-44(66)50(18-19-50)26-43(65)58-40-22-29(16-20-53-40)4-13-35-27-55-47(69-35)61-45(67)57-38-24-32(31-6-7-31)8-15-37(38)52/h8-12,15-17,20-25,27-28,31H,4-7,13-14,18-19,26H2,1-3H3,(H,53,58,65)(H,54,59,66)(H2,55,57,61,67)(H2,56,60,62,68). The van der Waals surface area contributed by atoms with Crippen LogP contribution in [-0.2, 0) is 40.7 Å². The van der Waals surface area contributed by atoms with Gasteiger partial charge in [-0.2, -0.15) is 5.10 Å². The van der Waals surface area contributed by atoms with Gasteiger partial charge < -0.3 is 16.0 Å². The van der Waals surface area contributed by atoms with E-state index in [0.29, 0.717) is 77.2 Å². The van der Waals surface area contributed by atoms with Crippen LogP contribution in [0.25, 0.3) is 5.69 Å². The first-order valence-electron chi connectivity index (χ1n) is 22.9. The van der Waals surface area contributed by atoms with Crippen molar-refractivity contribution in [3.8, 4) is 5.69 Å². The van der Waals surface area contributed by atoms with Gasteiger partial charge >= 0.3 is 12.1 Å². The third-order valence-corrected chi connectivity index (χ3v) is 14.1. The molecule has 360 valence electrons. The fourth-order valence-electron chi connectivity index (χ4n) is 7.69. The number of carbonyl (C=O) groups is 4. The molecule has 0 saturated heterocycles. The van der Waals surface area contributed by atoms with E-state index < -0.39 is 23.3 Å². The lowest BCUT2D eigenvalue weighted by Crippen LogP contribution is -2.29. The van der Waals surface area contributed by atoms with E-state index in [4.69, 9.17) is 16.7 Å². The van der Waals surface area contributed by atoms with Gasteiger partial charge in [-0.25, -0.2) is 38.6 Å². The summed E-state index contributed by atoms with van der Waals surface area (Å²) >= 11 is 8.81. The molecule has 0 spiro atoms. The highest BCUT2D eigenvalue weighted by molar-refractivity contribution is 7.16. The number of aromatic nitrogens is 6. The lowest BCUT2D eigenvalue weighted by molar-refractivity contribution is -0.126. The third-order valence-electron chi connectivity index (χ3n) is 11.9. The maximum Gasteiger partial charge on any atom is 0.326 e. The molecule has 0 atom stereocenters. The lowest BCUT2D eigenvalue weighted by Gasteiger charge is -2.15. The number of thiazole rings is 2. The van der Waals surface area contributed by atoms with Crippen molar-refractivity contribution in [1.82, 2.24) is 29.7 Å². The van der Waals surface area contributed by atoms with Crippen molar-refractivity contribution in [2.75, 3.05) is 31.9 Å². The van der Waals surface area contributed by atoms with Crippen molar-refractivity contribution in [2.24, 2.45) is 5.41 Å². The molecule has 6 N–H and O–H groups in total. The predicted octanol–water partition coefficient (Wildman–Crippen LogP) is 11.1. The first-order chi connectivity index (χ1) is 33.6. The van der Waals surface area contributed by atoms with Gasteiger partial charge in [0.05, 0.1) is 22.5 Å². The molecule has 16 nitrogen and oxygen atoms in total. The van der Waals surface area contributed by atoms with E-state index in [1.807, 2.05) is 36.4 Å². The smallest absolute Gasteiger partial charge is 0.311 e. The summed E-state index contributed by atoms with van der Waals surface area (Å²) in [5.41, 5.74) is 3.50. The highest BCUT2D eigenvalue weighted by Gasteiger charge is 2.51. The van der Waals surface area contributed by atoms with E-state index in [9.17, 15) is 23.6 Å². The Morgan fingerprint density at radius 3 is 1.90 bits per heavy atom. The van der Waals surface area contributed by atoms with Crippen LogP contribution >= 0.6 is 34.3 Å². The molecule has 2 aliphatic carbocycles. The topological polar surface area (TPSA) is 210 Å². The van der Waals surface area contributed by atoms with Crippen LogP contribution in [0.3, 0.4) is 0 Å². The Bertz CT molecular complexity index is 3070. The summed E-state index contributed by atoms with van der Waals surface area (Å²) in [5, 5.41) is 23.0. The summed E-state index contributed by atoms with van der Waals surface area (Å²) < 4.78 is 16.0. The molecule has 0 unspecified atom stereocenters. The van der Waals surface area contributed by atoms with Crippen molar-refractivity contribution in [3.05, 3.63) is 141 Å². The second-order valence-corrected chi connectivity index (χ2v) is 21.2. The van der Waals surface area contributed by atoms with E-state index in [1.54, 1.807) is 59.8 Å². The average molecular weight is 1000 g/mol. The molecular weight excluding hydrogens is 951 g/mol. The summed E-state index contributed by atoms with van der Waals surface area (Å²) in [6.07, 6.45) is 12.5. The molecule has 0 aliphatic heterocycles. The second kappa shape index (κ2) is 20.5. The fraction of sp³-hybridized carbons (Fsp3) is 0.300. The number of halogens is 2. The Labute approximate surface area is 416 Å². The molecule has 5 aromatic heterocycles. The van der Waals surface area contributed by atoms with E-state index >= 15 is 0 Å². The van der Waals surface area contributed by atoms with Crippen molar-refractivity contribution < 1.29 is 23.6 Å². The van der Waals surface area contributed by atoms with Crippen molar-refractivity contribution in [3.63, 3.8) is 0 Å². The first-order valence-corrected chi connectivity index (χ1v) is 24.9. The van der Waals surface area contributed by atoms with Crippen LogP contribution in [0.1, 0.15) is 90.9 Å². The van der Waals surface area contributed by atoms with Gasteiger partial charge in [-0.15, -0.1) is 22.7 Å². The number of carbonyl (C=O) groups excluding carboxylic acids is 4. The number of nitrogens with one attached hydrogen (secondary N) is 6. The molecule has 6 amide bonds. The van der Waals surface area contributed by atoms with Crippen LogP contribution in [0.15, 0.2) is 97.6 Å². The number of aryl methyl sites for hydroxylation is 4. The Morgan fingerprint density at radius 1 is 0.714 bits per heavy atom. The van der Waals surface area contributed by atoms with Gasteiger partial charge in [0.2, 0.25) is 11.8 Å². The molecule has 5 heterocycles. The average Bonchev–Trinajstić information content (AvgIpc) is 4.17. The normalized spacial score (nSPS) is 13.8. The van der Waals surface area contributed by atoms with Gasteiger partial charge in [0.15, 0.2) is 10.3 Å². The number of urea groups is 2. The quantitative estimate of drug-likeness (QED) is 0.0512. The molecule has 2 aromatic carbocycles. The number of hydrogen-bond acceptors (Lipinski definition) is 11. The van der Waals surface area contributed by atoms with Crippen molar-refractivity contribution in [2.45, 2.75) is 89.9 Å². The summed E-state index contributed by atoms with van der Waals surface area (Å²) in [6, 6.07) is 20.2. The Balaban J connectivity index is 0.717. The number of amides is 6. The molecule has 9 rings (SSSR count). The minimum Gasteiger partial charge on any atom is -0.311 e. The molecule has 7 aromatic rings. The van der Waals surface area contributed by atoms with Gasteiger partial charge in [0.1, 0.15) is 23.3 Å². The highest BCUT2D eigenvalue weighted by Crippen LogP contribution is 2.50. The highest BCUT2D eigenvalue weighted by atomic mass is 35.5. The molecular formula is C50H50ClFN12O4S2. The maximum atomic E-state index is 14.4. The number of nitrogens with zero attached hydrogens (tertiary/aromatic N) is 6. The minimum atomic E-state index is -0.842. The Hall–Kier alpha value is -7.09. The zero-order chi connectivity index (χ0) is 49.0. The van der Waals surface area contributed by atoms with Crippen LogP contribution in [0.4, 0.5) is 47.4 Å². The molecule has 2 fully saturated rings. The zero-order valence-corrected chi connectivity index (χ0v) is 41.0. The van der Waals surface area contributed by atoms with Gasteiger partial charge in [0, 0.05) is 57.5 Å². The Morgan fingerprint density at radius 2 is 1.31 bits per heavy atom. The van der Waals surface area contributed by atoms with Crippen LogP contribution in [0.5, 0.6) is 0 Å². The van der Waals surface area contributed by atoms with Crippen LogP contribution in [0.2, 0.25) is 5.02 Å². The zero-order valence-electron chi connectivity index (χ0n) is 38.6. The molecule has 2 saturated carbocycles. The third kappa shape index (κ3) is 12.4. The molecule has 20 heteroatoms. The largest absolute Gasteiger partial charge is 0.326 e. The van der Waals surface area contributed by atoms with E-state index in [-0.39, 0.29) is 29.3 Å². The number of rotatable bonds is 17. The number of anilines is 6. The van der Waals surface area contributed by atoms with Gasteiger partial charge in [-0.05, 0) is 135 Å². The number of hydrogen-bond donors (Lipinski definition) is 6. The summed E-state index contributed by atoms with van der Waals surface area (Å²) in [5.74, 6) is 0.638. The molecule has 0 radical (unpaired) electrons.